The lowest BCUT2D eigenvalue weighted by Gasteiger charge is -2.15. The first kappa shape index (κ1) is 20.3. The van der Waals surface area contributed by atoms with E-state index < -0.39 is 20.0 Å². The zero-order valence-electron chi connectivity index (χ0n) is 13.6. The van der Waals surface area contributed by atoms with Crippen molar-refractivity contribution in [1.82, 2.24) is 14.8 Å². The molecule has 140 valence electrons. The second-order valence-corrected chi connectivity index (χ2v) is 9.49. The molecule has 1 aliphatic carbocycles. The smallest absolute Gasteiger partial charge is 0.240 e. The molecule has 1 aromatic carbocycles. The third kappa shape index (κ3) is 5.50. The van der Waals surface area contributed by atoms with Crippen molar-refractivity contribution in [2.45, 2.75) is 35.1 Å². The zero-order chi connectivity index (χ0) is 17.2. The fraction of sp³-hybridized carbons (Fsp3) is 0.467. The van der Waals surface area contributed by atoms with E-state index in [2.05, 4.69) is 14.8 Å². The van der Waals surface area contributed by atoms with Crippen molar-refractivity contribution in [1.29, 1.82) is 0 Å². The highest BCUT2D eigenvalue weighted by atomic mass is 35.5. The molecule has 10 heteroatoms. The van der Waals surface area contributed by atoms with Gasteiger partial charge in [-0.15, -0.1) is 12.4 Å². The van der Waals surface area contributed by atoms with E-state index in [-0.39, 0.29) is 34.8 Å². The monoisotopic (exact) mass is 407 g/mol. The number of hydrogen-bond acceptors (Lipinski definition) is 5. The summed E-state index contributed by atoms with van der Waals surface area (Å²) in [5.74, 6) is 0. The van der Waals surface area contributed by atoms with E-state index in [1.807, 2.05) is 6.08 Å². The second kappa shape index (κ2) is 8.15. The Morgan fingerprint density at radius 3 is 2.12 bits per heavy atom. The molecule has 0 amide bonds. The van der Waals surface area contributed by atoms with Crippen molar-refractivity contribution < 1.29 is 16.8 Å². The van der Waals surface area contributed by atoms with Crippen LogP contribution >= 0.6 is 12.4 Å². The normalized spacial score (nSPS) is 18.3. The molecule has 0 unspecified atom stereocenters. The van der Waals surface area contributed by atoms with Crippen molar-refractivity contribution in [3.05, 3.63) is 35.9 Å². The molecular weight excluding hydrogens is 386 g/mol. The van der Waals surface area contributed by atoms with E-state index in [0.717, 1.165) is 37.9 Å². The zero-order valence-corrected chi connectivity index (χ0v) is 16.0. The van der Waals surface area contributed by atoms with Crippen molar-refractivity contribution in [3.63, 3.8) is 0 Å². The average molecular weight is 408 g/mol. The predicted molar refractivity (Wildman–Crippen MR) is 97.8 cm³/mol. The van der Waals surface area contributed by atoms with E-state index in [1.54, 1.807) is 0 Å². The van der Waals surface area contributed by atoms with Crippen molar-refractivity contribution in [2.75, 3.05) is 19.6 Å². The standard InChI is InChI=1S/C15H21N3O4S2.ClH/c19-23(20,17-11-12-7-9-16-10-8-12)14-3-5-15(6-4-14)24(21,22)18-13-1-2-13;/h3-7,13,16-18H,1-2,8-11H2;1H. The third-order valence-corrected chi connectivity index (χ3v) is 6.94. The summed E-state index contributed by atoms with van der Waals surface area (Å²) in [5, 5.41) is 3.17. The molecule has 1 heterocycles. The molecule has 25 heavy (non-hydrogen) atoms. The van der Waals surface area contributed by atoms with Gasteiger partial charge in [-0.1, -0.05) is 11.6 Å². The van der Waals surface area contributed by atoms with E-state index in [4.69, 9.17) is 0 Å². The Morgan fingerprint density at radius 2 is 1.60 bits per heavy atom. The molecule has 0 radical (unpaired) electrons. The third-order valence-electron chi connectivity index (χ3n) is 3.99. The van der Waals surface area contributed by atoms with Gasteiger partial charge in [0.2, 0.25) is 20.0 Å². The lowest BCUT2D eigenvalue weighted by Crippen LogP contribution is -2.30. The number of benzene rings is 1. The SMILES string of the molecule is Cl.O=S(=O)(NCC1=CCNCC1)c1ccc(S(=O)(=O)NC2CC2)cc1. The molecule has 1 aromatic rings. The summed E-state index contributed by atoms with van der Waals surface area (Å²) in [5.41, 5.74) is 1.05. The number of nitrogens with one attached hydrogen (secondary N) is 3. The Morgan fingerprint density at radius 1 is 1.00 bits per heavy atom. The summed E-state index contributed by atoms with van der Waals surface area (Å²) in [4.78, 5) is 0.136. The van der Waals surface area contributed by atoms with Crippen LogP contribution < -0.4 is 14.8 Å². The highest BCUT2D eigenvalue weighted by Gasteiger charge is 2.28. The predicted octanol–water partition coefficient (Wildman–Crippen LogP) is 0.747. The Balaban J connectivity index is 0.00000225. The van der Waals surface area contributed by atoms with Gasteiger partial charge in [0, 0.05) is 19.1 Å². The summed E-state index contributed by atoms with van der Waals surface area (Å²) in [7, 11) is -7.23. The number of hydrogen-bond donors (Lipinski definition) is 3. The molecule has 3 N–H and O–H groups in total. The highest BCUT2D eigenvalue weighted by Crippen LogP contribution is 2.22. The fourth-order valence-corrected chi connectivity index (χ4v) is 4.73. The van der Waals surface area contributed by atoms with Crippen LogP contribution in [0, 0.1) is 0 Å². The summed E-state index contributed by atoms with van der Waals surface area (Å²) in [6.07, 6.45) is 4.49. The second-order valence-electron chi connectivity index (χ2n) is 6.01. The summed E-state index contributed by atoms with van der Waals surface area (Å²) < 4.78 is 53.9. The molecule has 0 saturated heterocycles. The van der Waals surface area contributed by atoms with Crippen LogP contribution in [0.15, 0.2) is 45.7 Å². The van der Waals surface area contributed by atoms with E-state index in [0.29, 0.717) is 0 Å². The summed E-state index contributed by atoms with van der Waals surface area (Å²) in [6, 6.07) is 5.30. The average Bonchev–Trinajstić information content (AvgIpc) is 3.37. The molecule has 0 atom stereocenters. The molecule has 7 nitrogen and oxygen atoms in total. The summed E-state index contributed by atoms with van der Waals surface area (Å²) >= 11 is 0. The molecule has 2 aliphatic rings. The number of sulfonamides is 2. The van der Waals surface area contributed by atoms with Gasteiger partial charge in [0.25, 0.3) is 0 Å². The van der Waals surface area contributed by atoms with Gasteiger partial charge >= 0.3 is 0 Å². The molecule has 3 rings (SSSR count). The van der Waals surface area contributed by atoms with Crippen LogP contribution in [0.4, 0.5) is 0 Å². The molecule has 0 spiro atoms. The first-order chi connectivity index (χ1) is 11.4. The largest absolute Gasteiger partial charge is 0.313 e. The minimum Gasteiger partial charge on any atom is -0.313 e. The minimum atomic E-state index is -3.66. The van der Waals surface area contributed by atoms with E-state index in [1.165, 1.54) is 24.3 Å². The maximum atomic E-state index is 12.3. The van der Waals surface area contributed by atoms with Crippen LogP contribution in [-0.2, 0) is 20.0 Å². The minimum absolute atomic E-state index is 0. The van der Waals surface area contributed by atoms with Crippen LogP contribution in [0.5, 0.6) is 0 Å². The number of halogens is 1. The molecular formula is C15H22ClN3O4S2. The highest BCUT2D eigenvalue weighted by molar-refractivity contribution is 7.90. The van der Waals surface area contributed by atoms with Crippen molar-refractivity contribution in [2.24, 2.45) is 0 Å². The Kier molecular flexibility index (Phi) is 6.63. The Hall–Kier alpha value is -0.970. The first-order valence-electron chi connectivity index (χ1n) is 7.87. The maximum absolute atomic E-state index is 12.3. The van der Waals surface area contributed by atoms with Gasteiger partial charge < -0.3 is 5.32 Å². The van der Waals surface area contributed by atoms with Crippen LogP contribution in [-0.4, -0.2) is 42.5 Å². The fourth-order valence-electron chi connectivity index (χ4n) is 2.39. The van der Waals surface area contributed by atoms with Gasteiger partial charge in [-0.25, -0.2) is 26.3 Å². The lowest BCUT2D eigenvalue weighted by molar-refractivity contribution is 0.577. The Labute approximate surface area is 154 Å². The van der Waals surface area contributed by atoms with Gasteiger partial charge in [0.05, 0.1) is 9.79 Å². The molecule has 1 fully saturated rings. The van der Waals surface area contributed by atoms with E-state index >= 15 is 0 Å². The topological polar surface area (TPSA) is 104 Å². The maximum Gasteiger partial charge on any atom is 0.240 e. The van der Waals surface area contributed by atoms with Gasteiger partial charge in [-0.05, 0) is 50.1 Å². The molecule has 1 saturated carbocycles. The van der Waals surface area contributed by atoms with Gasteiger partial charge in [0.15, 0.2) is 0 Å². The Bertz CT molecular complexity index is 832. The van der Waals surface area contributed by atoms with Gasteiger partial charge in [-0.3, -0.25) is 0 Å². The van der Waals surface area contributed by atoms with Crippen LogP contribution in [0.2, 0.25) is 0 Å². The van der Waals surface area contributed by atoms with Crippen LogP contribution in [0.3, 0.4) is 0 Å². The van der Waals surface area contributed by atoms with Crippen molar-refractivity contribution in [3.8, 4) is 0 Å². The van der Waals surface area contributed by atoms with Crippen LogP contribution in [0.25, 0.3) is 0 Å². The van der Waals surface area contributed by atoms with Gasteiger partial charge in [-0.2, -0.15) is 0 Å². The van der Waals surface area contributed by atoms with Gasteiger partial charge in [0.1, 0.15) is 0 Å². The van der Waals surface area contributed by atoms with Crippen LogP contribution in [0.1, 0.15) is 19.3 Å². The molecule has 0 bridgehead atoms. The molecule has 1 aliphatic heterocycles. The van der Waals surface area contributed by atoms with Crippen molar-refractivity contribution >= 4 is 32.5 Å². The lowest BCUT2D eigenvalue weighted by atomic mass is 10.1. The van der Waals surface area contributed by atoms with E-state index in [9.17, 15) is 16.8 Å². The quantitative estimate of drug-likeness (QED) is 0.578. The molecule has 0 aromatic heterocycles. The first-order valence-corrected chi connectivity index (χ1v) is 10.8. The summed E-state index contributed by atoms with van der Waals surface area (Å²) in [6.45, 7) is 1.86. The number of rotatable bonds is 7.